The zero-order chi connectivity index (χ0) is 19.9. The van der Waals surface area contributed by atoms with Crippen LogP contribution >= 0.6 is 11.3 Å². The Morgan fingerprint density at radius 2 is 1.72 bits per heavy atom. The highest BCUT2D eigenvalue weighted by Gasteiger charge is 2.11. The first-order valence-electron chi connectivity index (χ1n) is 9.06. The number of amides is 1. The summed E-state index contributed by atoms with van der Waals surface area (Å²) < 4.78 is 5.71. The monoisotopic (exact) mass is 402 g/mol. The highest BCUT2D eigenvalue weighted by Crippen LogP contribution is 2.20. The van der Waals surface area contributed by atoms with Crippen molar-refractivity contribution in [2.24, 2.45) is 0 Å². The van der Waals surface area contributed by atoms with Crippen molar-refractivity contribution in [3.05, 3.63) is 101 Å². The lowest BCUT2D eigenvalue weighted by atomic mass is 10.2. The number of ether oxygens (including phenoxy) is 1. The van der Waals surface area contributed by atoms with E-state index in [4.69, 9.17) is 4.74 Å². The van der Waals surface area contributed by atoms with Gasteiger partial charge in [0.05, 0.1) is 0 Å². The van der Waals surface area contributed by atoms with Gasteiger partial charge in [-0.15, -0.1) is 10.2 Å². The number of hydrogen-bond acceptors (Lipinski definition) is 6. The van der Waals surface area contributed by atoms with Crippen molar-refractivity contribution in [2.45, 2.75) is 13.0 Å². The number of hydrogen-bond donors (Lipinski definition) is 1. The van der Waals surface area contributed by atoms with Gasteiger partial charge in [0, 0.05) is 29.9 Å². The van der Waals surface area contributed by atoms with E-state index in [1.807, 2.05) is 42.5 Å². The van der Waals surface area contributed by atoms with E-state index in [2.05, 4.69) is 20.5 Å². The summed E-state index contributed by atoms with van der Waals surface area (Å²) in [4.78, 5) is 16.5. The molecule has 7 heteroatoms. The number of rotatable bonds is 7. The Morgan fingerprint density at radius 1 is 0.931 bits per heavy atom. The Kier molecular flexibility index (Phi) is 5.87. The van der Waals surface area contributed by atoms with Crippen LogP contribution in [0.4, 0.5) is 5.13 Å². The lowest BCUT2D eigenvalue weighted by molar-refractivity contribution is 0.102. The molecule has 1 amide bonds. The molecule has 4 aromatic rings. The second-order valence-electron chi connectivity index (χ2n) is 6.29. The first kappa shape index (κ1) is 18.8. The Balaban J connectivity index is 1.33. The van der Waals surface area contributed by atoms with Gasteiger partial charge < -0.3 is 4.74 Å². The Labute approximate surface area is 172 Å². The third-order valence-electron chi connectivity index (χ3n) is 4.13. The smallest absolute Gasteiger partial charge is 0.257 e. The van der Waals surface area contributed by atoms with E-state index in [0.717, 1.165) is 16.1 Å². The van der Waals surface area contributed by atoms with Crippen molar-refractivity contribution in [1.29, 1.82) is 0 Å². The molecule has 0 saturated heterocycles. The fourth-order valence-corrected chi connectivity index (χ4v) is 3.44. The molecule has 2 heterocycles. The maximum atomic E-state index is 12.5. The predicted octanol–water partition coefficient (Wildman–Crippen LogP) is 4.36. The summed E-state index contributed by atoms with van der Waals surface area (Å²) >= 11 is 1.37. The van der Waals surface area contributed by atoms with Crippen LogP contribution in [0.15, 0.2) is 79.1 Å². The summed E-state index contributed by atoms with van der Waals surface area (Å²) in [5, 5.41) is 12.4. The van der Waals surface area contributed by atoms with Crippen LogP contribution in [-0.4, -0.2) is 21.1 Å². The van der Waals surface area contributed by atoms with Crippen LogP contribution in [0, 0.1) is 0 Å². The van der Waals surface area contributed by atoms with Crippen molar-refractivity contribution in [1.82, 2.24) is 15.2 Å². The van der Waals surface area contributed by atoms with E-state index in [9.17, 15) is 4.79 Å². The van der Waals surface area contributed by atoms with E-state index in [-0.39, 0.29) is 5.91 Å². The van der Waals surface area contributed by atoms with Crippen LogP contribution in [0.1, 0.15) is 26.5 Å². The Hall–Kier alpha value is -3.58. The minimum atomic E-state index is -0.230. The van der Waals surface area contributed by atoms with Gasteiger partial charge in [0.1, 0.15) is 17.4 Å². The molecule has 0 radical (unpaired) electrons. The average molecular weight is 402 g/mol. The highest BCUT2D eigenvalue weighted by molar-refractivity contribution is 7.15. The number of carbonyl (C=O) groups excluding carboxylic acids is 1. The fourth-order valence-electron chi connectivity index (χ4n) is 2.67. The number of benzene rings is 2. The van der Waals surface area contributed by atoms with Crippen molar-refractivity contribution < 1.29 is 9.53 Å². The lowest BCUT2D eigenvalue weighted by Gasteiger charge is -2.07. The van der Waals surface area contributed by atoms with E-state index >= 15 is 0 Å². The first-order chi connectivity index (χ1) is 14.3. The molecule has 0 aliphatic heterocycles. The minimum Gasteiger partial charge on any atom is -0.489 e. The summed E-state index contributed by atoms with van der Waals surface area (Å²) in [6.07, 6.45) is 4.17. The maximum Gasteiger partial charge on any atom is 0.257 e. The van der Waals surface area contributed by atoms with Crippen LogP contribution < -0.4 is 10.1 Å². The molecule has 1 N–H and O–H groups in total. The van der Waals surface area contributed by atoms with Gasteiger partial charge in [-0.2, -0.15) is 0 Å². The second kappa shape index (κ2) is 9.07. The summed E-state index contributed by atoms with van der Waals surface area (Å²) in [5.74, 6) is 0.456. The van der Waals surface area contributed by atoms with E-state index < -0.39 is 0 Å². The zero-order valence-electron chi connectivity index (χ0n) is 15.5. The fraction of sp³-hybridized carbons (Fsp3) is 0.0909. The highest BCUT2D eigenvalue weighted by atomic mass is 32.1. The number of pyridine rings is 1. The summed E-state index contributed by atoms with van der Waals surface area (Å²) in [7, 11) is 0. The molecule has 29 heavy (non-hydrogen) atoms. The van der Waals surface area contributed by atoms with Crippen molar-refractivity contribution in [2.75, 3.05) is 5.32 Å². The van der Waals surface area contributed by atoms with Gasteiger partial charge in [0.15, 0.2) is 0 Å². The van der Waals surface area contributed by atoms with Gasteiger partial charge in [-0.05, 0) is 35.9 Å². The lowest BCUT2D eigenvalue weighted by Crippen LogP contribution is -2.11. The molecule has 2 aromatic heterocycles. The molecule has 0 aliphatic rings. The second-order valence-corrected chi connectivity index (χ2v) is 7.35. The quantitative estimate of drug-likeness (QED) is 0.497. The van der Waals surface area contributed by atoms with Crippen LogP contribution in [0.3, 0.4) is 0 Å². The van der Waals surface area contributed by atoms with Crippen LogP contribution in [0.5, 0.6) is 5.75 Å². The van der Waals surface area contributed by atoms with E-state index in [0.29, 0.717) is 29.5 Å². The summed E-state index contributed by atoms with van der Waals surface area (Å²) in [6, 6.07) is 20.8. The molecular weight excluding hydrogens is 384 g/mol. The molecule has 0 bridgehead atoms. The number of carbonyl (C=O) groups is 1. The number of aromatic nitrogens is 3. The largest absolute Gasteiger partial charge is 0.489 e. The molecule has 2 aromatic carbocycles. The molecular formula is C22H18N4O2S. The number of nitrogens with one attached hydrogen (secondary N) is 1. The zero-order valence-corrected chi connectivity index (χ0v) is 16.3. The first-order valence-corrected chi connectivity index (χ1v) is 9.87. The van der Waals surface area contributed by atoms with Gasteiger partial charge in [-0.25, -0.2) is 0 Å². The van der Waals surface area contributed by atoms with E-state index in [1.165, 1.54) is 11.3 Å². The molecule has 0 atom stereocenters. The molecule has 0 unspecified atom stereocenters. The standard InChI is InChI=1S/C22H18N4O2S/c27-21(24-22-26-25-20(29-22)13-16-5-2-1-3-6-16)18-8-10-19(11-9-18)28-15-17-7-4-12-23-14-17/h1-12,14H,13,15H2,(H,24,26,27). The van der Waals surface area contributed by atoms with Crippen molar-refractivity contribution in [3.8, 4) is 5.75 Å². The topological polar surface area (TPSA) is 77.0 Å². The average Bonchev–Trinajstić information content (AvgIpc) is 3.20. The van der Waals surface area contributed by atoms with Crippen LogP contribution in [0.2, 0.25) is 0 Å². The maximum absolute atomic E-state index is 12.5. The van der Waals surface area contributed by atoms with Gasteiger partial charge in [0.25, 0.3) is 5.91 Å². The number of anilines is 1. The molecule has 6 nitrogen and oxygen atoms in total. The van der Waals surface area contributed by atoms with Crippen molar-refractivity contribution >= 4 is 22.4 Å². The minimum absolute atomic E-state index is 0.230. The van der Waals surface area contributed by atoms with Gasteiger partial charge >= 0.3 is 0 Å². The summed E-state index contributed by atoms with van der Waals surface area (Å²) in [6.45, 7) is 0.425. The molecule has 0 spiro atoms. The SMILES string of the molecule is O=C(Nc1nnc(Cc2ccccc2)s1)c1ccc(OCc2cccnc2)cc1. The van der Waals surface area contributed by atoms with Crippen LogP contribution in [0.25, 0.3) is 0 Å². The van der Waals surface area contributed by atoms with Crippen molar-refractivity contribution in [3.63, 3.8) is 0 Å². The Morgan fingerprint density at radius 3 is 2.48 bits per heavy atom. The molecule has 0 saturated carbocycles. The predicted molar refractivity (Wildman–Crippen MR) is 112 cm³/mol. The Bertz CT molecular complexity index is 1070. The third-order valence-corrected chi connectivity index (χ3v) is 4.97. The molecule has 144 valence electrons. The molecule has 0 fully saturated rings. The van der Waals surface area contributed by atoms with Gasteiger partial charge in [-0.1, -0.05) is 47.7 Å². The van der Waals surface area contributed by atoms with Crippen LogP contribution in [-0.2, 0) is 13.0 Å². The third kappa shape index (κ3) is 5.24. The van der Waals surface area contributed by atoms with E-state index in [1.54, 1.807) is 36.7 Å². The van der Waals surface area contributed by atoms with Gasteiger partial charge in [-0.3, -0.25) is 15.1 Å². The molecule has 0 aliphatic carbocycles. The van der Waals surface area contributed by atoms with Gasteiger partial charge in [0.2, 0.25) is 5.13 Å². The normalized spacial score (nSPS) is 10.5. The summed E-state index contributed by atoms with van der Waals surface area (Å²) in [5.41, 5.74) is 2.67. The molecule has 4 rings (SSSR count). The number of nitrogens with zero attached hydrogens (tertiary/aromatic N) is 3.